The SMILES string of the molecule is COC(=O)CN1[C@@H](C)CN(C(=O)OC(C)(C)C)C[C@@H]1C. The highest BCUT2D eigenvalue weighted by atomic mass is 16.6. The van der Waals surface area contributed by atoms with Crippen LogP contribution in [0.2, 0.25) is 0 Å². The summed E-state index contributed by atoms with van der Waals surface area (Å²) in [4.78, 5) is 27.2. The van der Waals surface area contributed by atoms with Gasteiger partial charge in [0.25, 0.3) is 0 Å². The van der Waals surface area contributed by atoms with Crippen LogP contribution in [0.3, 0.4) is 0 Å². The minimum Gasteiger partial charge on any atom is -0.468 e. The first-order chi connectivity index (χ1) is 9.14. The summed E-state index contributed by atoms with van der Waals surface area (Å²) in [6.45, 7) is 10.9. The number of rotatable bonds is 2. The number of methoxy groups -OCH3 is 1. The molecule has 0 aromatic rings. The Balaban J connectivity index is 2.63. The van der Waals surface area contributed by atoms with Gasteiger partial charge in [-0.05, 0) is 34.6 Å². The van der Waals surface area contributed by atoms with Gasteiger partial charge in [0, 0.05) is 25.2 Å². The highest BCUT2D eigenvalue weighted by molar-refractivity contribution is 5.72. The zero-order chi connectivity index (χ0) is 15.5. The topological polar surface area (TPSA) is 59.1 Å². The third-order valence-electron chi connectivity index (χ3n) is 3.29. The van der Waals surface area contributed by atoms with Gasteiger partial charge in [-0.2, -0.15) is 0 Å². The lowest BCUT2D eigenvalue weighted by Gasteiger charge is -2.43. The quantitative estimate of drug-likeness (QED) is 0.720. The van der Waals surface area contributed by atoms with E-state index in [2.05, 4.69) is 0 Å². The monoisotopic (exact) mass is 286 g/mol. The first-order valence-corrected chi connectivity index (χ1v) is 6.94. The molecule has 0 bridgehead atoms. The molecular formula is C14H26N2O4. The van der Waals surface area contributed by atoms with Crippen LogP contribution in [0.15, 0.2) is 0 Å². The van der Waals surface area contributed by atoms with Gasteiger partial charge in [0.2, 0.25) is 0 Å². The summed E-state index contributed by atoms with van der Waals surface area (Å²) in [7, 11) is 1.38. The molecule has 0 spiro atoms. The third-order valence-corrected chi connectivity index (χ3v) is 3.29. The second-order valence-corrected chi connectivity index (χ2v) is 6.33. The normalized spacial score (nSPS) is 24.4. The van der Waals surface area contributed by atoms with Crippen molar-refractivity contribution < 1.29 is 19.1 Å². The molecule has 1 aliphatic rings. The maximum absolute atomic E-state index is 12.1. The molecular weight excluding hydrogens is 260 g/mol. The van der Waals surface area contributed by atoms with Gasteiger partial charge < -0.3 is 14.4 Å². The van der Waals surface area contributed by atoms with Gasteiger partial charge in [0.15, 0.2) is 0 Å². The van der Waals surface area contributed by atoms with Crippen LogP contribution in [-0.4, -0.2) is 66.3 Å². The molecule has 0 aromatic heterocycles. The Morgan fingerprint density at radius 1 is 1.15 bits per heavy atom. The van der Waals surface area contributed by atoms with E-state index < -0.39 is 5.60 Å². The number of nitrogens with zero attached hydrogens (tertiary/aromatic N) is 2. The summed E-state index contributed by atoms with van der Waals surface area (Å²) in [5, 5.41) is 0. The molecule has 1 fully saturated rings. The van der Waals surface area contributed by atoms with Gasteiger partial charge in [-0.1, -0.05) is 0 Å². The average Bonchev–Trinajstić information content (AvgIpc) is 2.31. The Morgan fingerprint density at radius 2 is 1.65 bits per heavy atom. The summed E-state index contributed by atoms with van der Waals surface area (Å²) >= 11 is 0. The second-order valence-electron chi connectivity index (χ2n) is 6.33. The number of hydrogen-bond acceptors (Lipinski definition) is 5. The first kappa shape index (κ1) is 16.8. The molecule has 20 heavy (non-hydrogen) atoms. The van der Waals surface area contributed by atoms with E-state index in [1.165, 1.54) is 7.11 Å². The average molecular weight is 286 g/mol. The predicted molar refractivity (Wildman–Crippen MR) is 75.5 cm³/mol. The molecule has 1 aliphatic heterocycles. The molecule has 1 amide bonds. The van der Waals surface area contributed by atoms with Crippen LogP contribution in [0.5, 0.6) is 0 Å². The van der Waals surface area contributed by atoms with Crippen molar-refractivity contribution in [2.75, 3.05) is 26.7 Å². The van der Waals surface area contributed by atoms with Crippen LogP contribution < -0.4 is 0 Å². The summed E-state index contributed by atoms with van der Waals surface area (Å²) in [5.41, 5.74) is -0.493. The molecule has 0 N–H and O–H groups in total. The van der Waals surface area contributed by atoms with Gasteiger partial charge in [-0.25, -0.2) is 4.79 Å². The molecule has 116 valence electrons. The number of ether oxygens (including phenoxy) is 2. The van der Waals surface area contributed by atoms with Crippen LogP contribution in [0.25, 0.3) is 0 Å². The largest absolute Gasteiger partial charge is 0.468 e. The lowest BCUT2D eigenvalue weighted by Crippen LogP contribution is -2.59. The number of esters is 1. The summed E-state index contributed by atoms with van der Waals surface area (Å²) in [6.07, 6.45) is -0.297. The van der Waals surface area contributed by atoms with Crippen LogP contribution >= 0.6 is 0 Å². The molecule has 0 aromatic carbocycles. The van der Waals surface area contributed by atoms with Crippen molar-refractivity contribution in [2.24, 2.45) is 0 Å². The molecule has 0 saturated carbocycles. The maximum Gasteiger partial charge on any atom is 0.410 e. The van der Waals surface area contributed by atoms with Crippen molar-refractivity contribution >= 4 is 12.1 Å². The zero-order valence-electron chi connectivity index (χ0n) is 13.3. The highest BCUT2D eigenvalue weighted by Crippen LogP contribution is 2.18. The van der Waals surface area contributed by atoms with E-state index in [1.54, 1.807) is 4.90 Å². The van der Waals surface area contributed by atoms with Gasteiger partial charge in [0.1, 0.15) is 5.60 Å². The number of hydrogen-bond donors (Lipinski definition) is 0. The number of carbonyl (C=O) groups is 2. The van der Waals surface area contributed by atoms with Crippen LogP contribution in [-0.2, 0) is 14.3 Å². The Bertz CT molecular complexity index is 353. The van der Waals surface area contributed by atoms with Crippen molar-refractivity contribution in [1.29, 1.82) is 0 Å². The standard InChI is InChI=1S/C14H26N2O4/c1-10-7-15(13(18)20-14(3,4)5)8-11(2)16(10)9-12(17)19-6/h10-11H,7-9H2,1-6H3/t10-,11-/m0/s1. The van der Waals surface area contributed by atoms with Crippen molar-refractivity contribution in [3.63, 3.8) is 0 Å². The van der Waals surface area contributed by atoms with E-state index in [0.717, 1.165) is 0 Å². The highest BCUT2D eigenvalue weighted by Gasteiger charge is 2.34. The minimum absolute atomic E-state index is 0.0883. The van der Waals surface area contributed by atoms with Crippen molar-refractivity contribution in [3.8, 4) is 0 Å². The summed E-state index contributed by atoms with van der Waals surface area (Å²) in [6, 6.07) is 0.177. The molecule has 1 saturated heterocycles. The molecule has 0 aliphatic carbocycles. The lowest BCUT2D eigenvalue weighted by molar-refractivity contribution is -0.144. The Labute approximate surface area is 121 Å². The number of amides is 1. The number of carbonyl (C=O) groups excluding carboxylic acids is 2. The van der Waals surface area contributed by atoms with Gasteiger partial charge >= 0.3 is 12.1 Å². The Hall–Kier alpha value is -1.30. The molecule has 6 nitrogen and oxygen atoms in total. The lowest BCUT2D eigenvalue weighted by atomic mass is 10.1. The van der Waals surface area contributed by atoms with Crippen LogP contribution in [0, 0.1) is 0 Å². The second kappa shape index (κ2) is 6.43. The van der Waals surface area contributed by atoms with E-state index in [-0.39, 0.29) is 30.7 Å². The fourth-order valence-corrected chi connectivity index (χ4v) is 2.36. The smallest absolute Gasteiger partial charge is 0.410 e. The molecule has 2 atom stereocenters. The molecule has 6 heteroatoms. The Kier molecular flexibility index (Phi) is 5.39. The molecule has 0 radical (unpaired) electrons. The fourth-order valence-electron chi connectivity index (χ4n) is 2.36. The van der Waals surface area contributed by atoms with Gasteiger partial charge in [-0.3, -0.25) is 9.69 Å². The molecule has 0 unspecified atom stereocenters. The van der Waals surface area contributed by atoms with Crippen molar-refractivity contribution in [1.82, 2.24) is 9.80 Å². The van der Waals surface area contributed by atoms with E-state index in [9.17, 15) is 9.59 Å². The van der Waals surface area contributed by atoms with Crippen LogP contribution in [0.4, 0.5) is 4.79 Å². The van der Waals surface area contributed by atoms with Crippen LogP contribution in [0.1, 0.15) is 34.6 Å². The summed E-state index contributed by atoms with van der Waals surface area (Å²) in [5.74, 6) is -0.255. The van der Waals surface area contributed by atoms with Gasteiger partial charge in [0.05, 0.1) is 13.7 Å². The van der Waals surface area contributed by atoms with E-state index >= 15 is 0 Å². The van der Waals surface area contributed by atoms with Gasteiger partial charge in [-0.15, -0.1) is 0 Å². The number of piperazine rings is 1. The van der Waals surface area contributed by atoms with Crippen molar-refractivity contribution in [3.05, 3.63) is 0 Å². The fraction of sp³-hybridized carbons (Fsp3) is 0.857. The van der Waals surface area contributed by atoms with E-state index in [4.69, 9.17) is 9.47 Å². The van der Waals surface area contributed by atoms with E-state index in [1.807, 2.05) is 39.5 Å². The van der Waals surface area contributed by atoms with Crippen molar-refractivity contribution in [2.45, 2.75) is 52.3 Å². The maximum atomic E-state index is 12.1. The van der Waals surface area contributed by atoms with E-state index in [0.29, 0.717) is 13.1 Å². The third kappa shape index (κ3) is 4.67. The molecule has 1 heterocycles. The Morgan fingerprint density at radius 3 is 2.05 bits per heavy atom. The first-order valence-electron chi connectivity index (χ1n) is 6.94. The molecule has 1 rings (SSSR count). The minimum atomic E-state index is -0.493. The zero-order valence-corrected chi connectivity index (χ0v) is 13.3. The summed E-state index contributed by atoms with van der Waals surface area (Å²) < 4.78 is 10.1. The predicted octanol–water partition coefficient (Wildman–Crippen LogP) is 1.49.